The van der Waals surface area contributed by atoms with E-state index in [1.54, 1.807) is 0 Å². The van der Waals surface area contributed by atoms with E-state index in [4.69, 9.17) is 5.73 Å². The van der Waals surface area contributed by atoms with Crippen molar-refractivity contribution in [3.05, 3.63) is 12.2 Å². The fourth-order valence-electron chi connectivity index (χ4n) is 0.917. The summed E-state index contributed by atoms with van der Waals surface area (Å²) in [5, 5.41) is 6.30. The maximum Gasteiger partial charge on any atom is 0.236 e. The molecule has 1 amide bonds. The Hall–Kier alpha value is -1.43. The summed E-state index contributed by atoms with van der Waals surface area (Å²) >= 11 is 0. The van der Waals surface area contributed by atoms with Gasteiger partial charge in [0.05, 0.1) is 6.04 Å². The van der Waals surface area contributed by atoms with Gasteiger partial charge in [0.15, 0.2) is 5.82 Å². The predicted molar refractivity (Wildman–Crippen MR) is 49.3 cm³/mol. The van der Waals surface area contributed by atoms with Crippen molar-refractivity contribution in [1.29, 1.82) is 0 Å². The summed E-state index contributed by atoms with van der Waals surface area (Å²) < 4.78 is 4.54. The van der Waals surface area contributed by atoms with E-state index >= 15 is 0 Å². The SMILES string of the molecule is CC[C@@H](N)C(=O)NCCc1ncon1. The Kier molecular flexibility index (Phi) is 4.06. The van der Waals surface area contributed by atoms with Crippen molar-refractivity contribution in [2.75, 3.05) is 6.54 Å². The molecule has 0 aromatic carbocycles. The number of nitrogens with two attached hydrogens (primary N) is 1. The van der Waals surface area contributed by atoms with Gasteiger partial charge in [0.2, 0.25) is 12.3 Å². The Balaban J connectivity index is 2.18. The van der Waals surface area contributed by atoms with Gasteiger partial charge in [0.25, 0.3) is 0 Å². The van der Waals surface area contributed by atoms with E-state index in [0.29, 0.717) is 25.2 Å². The van der Waals surface area contributed by atoms with Gasteiger partial charge in [-0.3, -0.25) is 4.79 Å². The molecule has 14 heavy (non-hydrogen) atoms. The Labute approximate surface area is 81.9 Å². The minimum Gasteiger partial charge on any atom is -0.354 e. The molecule has 0 bridgehead atoms. The van der Waals surface area contributed by atoms with E-state index in [0.717, 1.165) is 0 Å². The first kappa shape index (κ1) is 10.6. The predicted octanol–water partition coefficient (Wildman–Crippen LogP) is -0.534. The molecule has 0 fully saturated rings. The third-order valence-corrected chi connectivity index (χ3v) is 1.83. The first-order chi connectivity index (χ1) is 6.74. The first-order valence-electron chi connectivity index (χ1n) is 4.52. The summed E-state index contributed by atoms with van der Waals surface area (Å²) in [5.74, 6) is 0.436. The molecule has 0 aliphatic rings. The zero-order valence-corrected chi connectivity index (χ0v) is 8.06. The number of amides is 1. The van der Waals surface area contributed by atoms with Crippen molar-refractivity contribution in [1.82, 2.24) is 15.5 Å². The molecule has 6 nitrogen and oxygen atoms in total. The lowest BCUT2D eigenvalue weighted by atomic mass is 10.2. The number of rotatable bonds is 5. The molecule has 0 spiro atoms. The van der Waals surface area contributed by atoms with Crippen molar-refractivity contribution >= 4 is 5.91 Å². The van der Waals surface area contributed by atoms with E-state index in [9.17, 15) is 4.79 Å². The number of hydrogen-bond donors (Lipinski definition) is 2. The van der Waals surface area contributed by atoms with E-state index in [1.165, 1.54) is 6.39 Å². The van der Waals surface area contributed by atoms with Gasteiger partial charge in [-0.05, 0) is 6.42 Å². The molecular formula is C8H14N4O2. The molecule has 0 aliphatic carbocycles. The van der Waals surface area contributed by atoms with Gasteiger partial charge in [0, 0.05) is 13.0 Å². The van der Waals surface area contributed by atoms with Crippen LogP contribution in [0.5, 0.6) is 0 Å². The summed E-state index contributed by atoms with van der Waals surface area (Å²) in [5.41, 5.74) is 5.51. The molecule has 78 valence electrons. The highest BCUT2D eigenvalue weighted by Crippen LogP contribution is 1.89. The molecule has 0 aliphatic heterocycles. The quantitative estimate of drug-likeness (QED) is 0.663. The summed E-state index contributed by atoms with van der Waals surface area (Å²) in [4.78, 5) is 15.0. The second kappa shape index (κ2) is 5.33. The van der Waals surface area contributed by atoms with Crippen molar-refractivity contribution in [3.63, 3.8) is 0 Å². The van der Waals surface area contributed by atoms with Gasteiger partial charge in [-0.15, -0.1) is 0 Å². The lowest BCUT2D eigenvalue weighted by Gasteiger charge is -2.08. The number of nitrogens with one attached hydrogen (secondary N) is 1. The van der Waals surface area contributed by atoms with Gasteiger partial charge in [-0.25, -0.2) is 0 Å². The average molecular weight is 198 g/mol. The van der Waals surface area contributed by atoms with Crippen LogP contribution >= 0.6 is 0 Å². The summed E-state index contributed by atoms with van der Waals surface area (Å²) in [7, 11) is 0. The molecule has 6 heteroatoms. The van der Waals surface area contributed by atoms with Crippen LogP contribution in [0.4, 0.5) is 0 Å². The average Bonchev–Trinajstić information content (AvgIpc) is 2.69. The van der Waals surface area contributed by atoms with Gasteiger partial charge in [-0.1, -0.05) is 12.1 Å². The lowest BCUT2D eigenvalue weighted by molar-refractivity contribution is -0.122. The summed E-state index contributed by atoms with van der Waals surface area (Å²) in [6.45, 7) is 2.34. The molecule has 1 aromatic rings. The number of carbonyl (C=O) groups excluding carboxylic acids is 1. The zero-order valence-electron chi connectivity index (χ0n) is 8.06. The minimum absolute atomic E-state index is 0.143. The highest BCUT2D eigenvalue weighted by Gasteiger charge is 2.09. The molecule has 1 heterocycles. The van der Waals surface area contributed by atoms with E-state index in [2.05, 4.69) is 20.0 Å². The third kappa shape index (κ3) is 3.14. The maximum atomic E-state index is 11.2. The minimum atomic E-state index is -0.430. The number of aromatic nitrogens is 2. The van der Waals surface area contributed by atoms with Gasteiger partial charge in [0.1, 0.15) is 0 Å². The van der Waals surface area contributed by atoms with Crippen LogP contribution in [0.15, 0.2) is 10.9 Å². The summed E-state index contributed by atoms with van der Waals surface area (Å²) in [6, 6.07) is -0.430. The number of hydrogen-bond acceptors (Lipinski definition) is 5. The van der Waals surface area contributed by atoms with Crippen LogP contribution in [-0.2, 0) is 11.2 Å². The smallest absolute Gasteiger partial charge is 0.236 e. The van der Waals surface area contributed by atoms with E-state index in [1.807, 2.05) is 6.92 Å². The molecule has 1 atom stereocenters. The molecule has 1 rings (SSSR count). The highest BCUT2D eigenvalue weighted by molar-refractivity contribution is 5.81. The molecular weight excluding hydrogens is 184 g/mol. The van der Waals surface area contributed by atoms with Crippen molar-refractivity contribution in [3.8, 4) is 0 Å². The zero-order chi connectivity index (χ0) is 10.4. The molecule has 0 saturated heterocycles. The Morgan fingerprint density at radius 1 is 1.79 bits per heavy atom. The molecule has 1 aromatic heterocycles. The Bertz CT molecular complexity index is 273. The van der Waals surface area contributed by atoms with Crippen LogP contribution in [0, 0.1) is 0 Å². The highest BCUT2D eigenvalue weighted by atomic mass is 16.5. The van der Waals surface area contributed by atoms with Crippen LogP contribution in [0.2, 0.25) is 0 Å². The van der Waals surface area contributed by atoms with Crippen molar-refractivity contribution < 1.29 is 9.32 Å². The van der Waals surface area contributed by atoms with Crippen LogP contribution in [0.1, 0.15) is 19.2 Å². The van der Waals surface area contributed by atoms with E-state index in [-0.39, 0.29) is 5.91 Å². The fraction of sp³-hybridized carbons (Fsp3) is 0.625. The molecule has 0 saturated carbocycles. The van der Waals surface area contributed by atoms with Crippen LogP contribution in [0.25, 0.3) is 0 Å². The normalized spacial score (nSPS) is 12.4. The van der Waals surface area contributed by atoms with Crippen molar-refractivity contribution in [2.24, 2.45) is 5.73 Å². The van der Waals surface area contributed by atoms with Crippen LogP contribution < -0.4 is 11.1 Å². The van der Waals surface area contributed by atoms with Crippen LogP contribution in [0.3, 0.4) is 0 Å². The number of nitrogens with zero attached hydrogens (tertiary/aromatic N) is 2. The van der Waals surface area contributed by atoms with Gasteiger partial charge < -0.3 is 15.6 Å². The first-order valence-corrected chi connectivity index (χ1v) is 4.52. The monoisotopic (exact) mass is 198 g/mol. The molecule has 3 N–H and O–H groups in total. The topological polar surface area (TPSA) is 94.0 Å². The lowest BCUT2D eigenvalue weighted by Crippen LogP contribution is -2.40. The maximum absolute atomic E-state index is 11.2. The van der Waals surface area contributed by atoms with Crippen molar-refractivity contribution in [2.45, 2.75) is 25.8 Å². The largest absolute Gasteiger partial charge is 0.354 e. The Morgan fingerprint density at radius 3 is 3.14 bits per heavy atom. The van der Waals surface area contributed by atoms with Gasteiger partial charge >= 0.3 is 0 Å². The molecule has 0 unspecified atom stereocenters. The van der Waals surface area contributed by atoms with Gasteiger partial charge in [-0.2, -0.15) is 4.98 Å². The Morgan fingerprint density at radius 2 is 2.57 bits per heavy atom. The summed E-state index contributed by atoms with van der Waals surface area (Å²) in [6.07, 6.45) is 2.45. The second-order valence-electron chi connectivity index (χ2n) is 2.90. The van der Waals surface area contributed by atoms with E-state index < -0.39 is 6.04 Å². The third-order valence-electron chi connectivity index (χ3n) is 1.83. The fourth-order valence-corrected chi connectivity index (χ4v) is 0.917. The number of carbonyl (C=O) groups is 1. The second-order valence-corrected chi connectivity index (χ2v) is 2.90. The van der Waals surface area contributed by atoms with Crippen LogP contribution in [-0.4, -0.2) is 28.6 Å². The standard InChI is InChI=1S/C8H14N4O2/c1-2-6(9)8(13)10-4-3-7-11-5-14-12-7/h5-6H,2-4,9H2,1H3,(H,10,13)/t6-/m1/s1. The molecule has 0 radical (unpaired) electrons.